The molecule has 1 amide bonds. The smallest absolute Gasteiger partial charge is 0.273 e. The Balaban J connectivity index is 1.75. The van der Waals surface area contributed by atoms with Crippen molar-refractivity contribution in [2.24, 2.45) is 0 Å². The third-order valence-electron chi connectivity index (χ3n) is 6.48. The van der Waals surface area contributed by atoms with Crippen LogP contribution in [0.4, 0.5) is 8.78 Å². The maximum absolute atomic E-state index is 13.7. The molecule has 2 heterocycles. The molecule has 0 fully saturated rings. The summed E-state index contributed by atoms with van der Waals surface area (Å²) < 4.78 is 34.7. The molecule has 0 bridgehead atoms. The average Bonchev–Trinajstić information content (AvgIpc) is 3.26. The Morgan fingerprint density at radius 3 is 2.61 bits per heavy atom. The van der Waals surface area contributed by atoms with Gasteiger partial charge in [-0.3, -0.25) is 9.48 Å². The minimum Gasteiger partial charge on any atom is -0.492 e. The molecule has 200 valence electrons. The molecule has 4 rings (SSSR count). The van der Waals surface area contributed by atoms with Crippen LogP contribution in [0.3, 0.4) is 0 Å². The highest BCUT2D eigenvalue weighted by atomic mass is 19.3. The van der Waals surface area contributed by atoms with Crippen LogP contribution in [0.25, 0.3) is 22.3 Å². The molecule has 1 N–H and O–H groups in total. The van der Waals surface area contributed by atoms with E-state index in [-0.39, 0.29) is 16.6 Å². The number of rotatable bonds is 10. The largest absolute Gasteiger partial charge is 0.492 e. The van der Waals surface area contributed by atoms with Gasteiger partial charge in [0.05, 0.1) is 11.7 Å². The number of likely N-dealkylation sites (N-methyl/N-ethyl adjacent to an activating group) is 1. The highest BCUT2D eigenvalue weighted by Gasteiger charge is 2.22. The predicted molar refractivity (Wildman–Crippen MR) is 143 cm³/mol. The highest BCUT2D eigenvalue weighted by Crippen LogP contribution is 2.29. The van der Waals surface area contributed by atoms with Crippen molar-refractivity contribution < 1.29 is 18.3 Å². The lowest BCUT2D eigenvalue weighted by atomic mass is 10.1. The van der Waals surface area contributed by atoms with Crippen LogP contribution in [-0.2, 0) is 13.1 Å². The fraction of sp³-hybridized carbons (Fsp3) is 0.357. The van der Waals surface area contributed by atoms with Gasteiger partial charge in [-0.1, -0.05) is 6.07 Å². The lowest BCUT2D eigenvalue weighted by Crippen LogP contribution is -2.28. The van der Waals surface area contributed by atoms with Crippen molar-refractivity contribution in [3.05, 3.63) is 70.7 Å². The zero-order valence-corrected chi connectivity index (χ0v) is 22.3. The van der Waals surface area contributed by atoms with Crippen LogP contribution in [0.1, 0.15) is 46.2 Å². The quantitative estimate of drug-likeness (QED) is 0.297. The molecule has 2 aromatic carbocycles. The molecule has 0 radical (unpaired) electrons. The van der Waals surface area contributed by atoms with Crippen LogP contribution in [0.15, 0.2) is 42.6 Å². The van der Waals surface area contributed by atoms with Gasteiger partial charge >= 0.3 is 0 Å². The molecule has 0 unspecified atom stereocenters. The number of amides is 1. The molecular weight excluding hydrogens is 490 g/mol. The maximum Gasteiger partial charge on any atom is 0.273 e. The number of benzene rings is 2. The molecular formula is C28H32F2N6O2. The summed E-state index contributed by atoms with van der Waals surface area (Å²) in [5.74, 6) is 0.682. The summed E-state index contributed by atoms with van der Waals surface area (Å²) in [5.41, 5.74) is 3.75. The van der Waals surface area contributed by atoms with E-state index in [9.17, 15) is 13.6 Å². The maximum atomic E-state index is 13.7. The first-order valence-electron chi connectivity index (χ1n) is 12.5. The molecule has 10 heteroatoms. The van der Waals surface area contributed by atoms with E-state index in [1.165, 1.54) is 23.1 Å². The van der Waals surface area contributed by atoms with E-state index >= 15 is 0 Å². The molecule has 0 saturated carbocycles. The van der Waals surface area contributed by atoms with Gasteiger partial charge in [0.25, 0.3) is 12.3 Å². The summed E-state index contributed by atoms with van der Waals surface area (Å²) in [6, 6.07) is 9.70. The fourth-order valence-electron chi connectivity index (χ4n) is 4.25. The van der Waals surface area contributed by atoms with Crippen LogP contribution >= 0.6 is 0 Å². The number of ether oxygens (including phenoxy) is 1. The van der Waals surface area contributed by atoms with Gasteiger partial charge in [-0.05, 0) is 63.7 Å². The van der Waals surface area contributed by atoms with Gasteiger partial charge < -0.3 is 15.0 Å². The minimum absolute atomic E-state index is 0.0718. The summed E-state index contributed by atoms with van der Waals surface area (Å²) in [4.78, 5) is 24.4. The van der Waals surface area contributed by atoms with Crippen molar-refractivity contribution in [3.63, 3.8) is 0 Å². The molecule has 0 atom stereocenters. The number of fused-ring (bicyclic) bond motifs is 1. The second kappa shape index (κ2) is 11.6. The molecule has 0 aliphatic heterocycles. The van der Waals surface area contributed by atoms with Crippen LogP contribution in [-0.4, -0.2) is 57.8 Å². The van der Waals surface area contributed by atoms with Crippen LogP contribution in [0.5, 0.6) is 5.75 Å². The second-order valence-electron chi connectivity index (χ2n) is 9.14. The van der Waals surface area contributed by atoms with E-state index in [1.807, 2.05) is 50.7 Å². The molecule has 0 aliphatic carbocycles. The highest BCUT2D eigenvalue weighted by molar-refractivity contribution is 6.05. The normalized spacial score (nSPS) is 11.4. The first-order chi connectivity index (χ1) is 18.2. The monoisotopic (exact) mass is 522 g/mol. The Morgan fingerprint density at radius 2 is 1.95 bits per heavy atom. The van der Waals surface area contributed by atoms with E-state index in [0.717, 1.165) is 29.1 Å². The van der Waals surface area contributed by atoms with Crippen molar-refractivity contribution in [1.29, 1.82) is 0 Å². The minimum atomic E-state index is -2.68. The van der Waals surface area contributed by atoms with Gasteiger partial charge in [-0.25, -0.2) is 18.7 Å². The van der Waals surface area contributed by atoms with Gasteiger partial charge in [-0.2, -0.15) is 5.10 Å². The van der Waals surface area contributed by atoms with E-state index in [2.05, 4.69) is 20.4 Å². The number of carbonyl (C=O) groups is 1. The molecule has 2 aromatic heterocycles. The Kier molecular flexibility index (Phi) is 8.31. The Labute approximate surface area is 220 Å². The van der Waals surface area contributed by atoms with Crippen molar-refractivity contribution in [3.8, 4) is 17.1 Å². The number of alkyl halides is 2. The molecule has 0 saturated heterocycles. The van der Waals surface area contributed by atoms with Crippen molar-refractivity contribution in [1.82, 2.24) is 30.0 Å². The zero-order valence-electron chi connectivity index (χ0n) is 22.3. The van der Waals surface area contributed by atoms with Gasteiger partial charge in [0.15, 0.2) is 5.82 Å². The third kappa shape index (κ3) is 5.65. The van der Waals surface area contributed by atoms with E-state index in [4.69, 9.17) is 4.74 Å². The van der Waals surface area contributed by atoms with E-state index in [0.29, 0.717) is 36.6 Å². The van der Waals surface area contributed by atoms with Crippen LogP contribution in [0, 0.1) is 13.8 Å². The lowest BCUT2D eigenvalue weighted by molar-refractivity contribution is 0.0781. The first kappa shape index (κ1) is 27.1. The van der Waals surface area contributed by atoms with E-state index in [1.54, 1.807) is 13.2 Å². The fourth-order valence-corrected chi connectivity index (χ4v) is 4.25. The molecule has 4 aromatic rings. The summed E-state index contributed by atoms with van der Waals surface area (Å²) in [5, 5.41) is 7.67. The number of nitrogens with zero attached hydrogens (tertiary/aromatic N) is 5. The number of carbonyl (C=O) groups excluding carboxylic acids is 1. The molecule has 0 aliphatic rings. The standard InChI is InChI=1S/C28H32F2N6O2/c1-6-36-18(3)21(15-32-36)16-35(5)28(37)25-22-14-19(26(29)30)7-9-23(22)33-27(34-25)20-8-10-24(17(2)13-20)38-12-11-31-4/h7-10,13-15,26,31H,6,11-12,16H2,1-5H3. The summed E-state index contributed by atoms with van der Waals surface area (Å²) in [6.45, 7) is 8.13. The summed E-state index contributed by atoms with van der Waals surface area (Å²) in [7, 11) is 3.52. The number of hydrogen-bond donors (Lipinski definition) is 1. The molecule has 38 heavy (non-hydrogen) atoms. The predicted octanol–water partition coefficient (Wildman–Crippen LogP) is 4.94. The Bertz CT molecular complexity index is 1450. The Hall–Kier alpha value is -3.92. The molecule has 8 nitrogen and oxygen atoms in total. The van der Waals surface area contributed by atoms with Crippen molar-refractivity contribution in [2.45, 2.75) is 40.3 Å². The lowest BCUT2D eigenvalue weighted by Gasteiger charge is -2.18. The van der Waals surface area contributed by atoms with Gasteiger partial charge in [0, 0.05) is 54.5 Å². The number of nitrogens with one attached hydrogen (secondary N) is 1. The van der Waals surface area contributed by atoms with E-state index < -0.39 is 12.3 Å². The molecule has 0 spiro atoms. The number of hydrogen-bond acceptors (Lipinski definition) is 6. The SMILES string of the molecule is CCn1ncc(CN(C)C(=O)c2nc(-c3ccc(OCCNC)c(C)c3)nc3ccc(C(F)F)cc23)c1C. The van der Waals surface area contributed by atoms with Crippen LogP contribution < -0.4 is 10.1 Å². The van der Waals surface area contributed by atoms with Crippen LogP contribution in [0.2, 0.25) is 0 Å². The average molecular weight is 523 g/mol. The summed E-state index contributed by atoms with van der Waals surface area (Å²) >= 11 is 0. The second-order valence-corrected chi connectivity index (χ2v) is 9.14. The topological polar surface area (TPSA) is 85.2 Å². The summed E-state index contributed by atoms with van der Waals surface area (Å²) in [6.07, 6.45) is -0.940. The van der Waals surface area contributed by atoms with Gasteiger partial charge in [-0.15, -0.1) is 0 Å². The third-order valence-corrected chi connectivity index (χ3v) is 6.48. The van der Waals surface area contributed by atoms with Crippen molar-refractivity contribution >= 4 is 16.8 Å². The van der Waals surface area contributed by atoms with Gasteiger partial charge in [0.2, 0.25) is 0 Å². The first-order valence-corrected chi connectivity index (χ1v) is 12.5. The number of halogens is 2. The Morgan fingerprint density at radius 1 is 1.16 bits per heavy atom. The van der Waals surface area contributed by atoms with Gasteiger partial charge in [0.1, 0.15) is 18.1 Å². The number of aryl methyl sites for hydroxylation is 2. The van der Waals surface area contributed by atoms with Crippen molar-refractivity contribution in [2.75, 3.05) is 27.2 Å². The zero-order chi connectivity index (χ0) is 27.4. The number of aromatic nitrogens is 4.